The number of rotatable bonds is 3. The Labute approximate surface area is 84.3 Å². The molecule has 1 aromatic rings. The molecule has 2 N–H and O–H groups in total. The molecule has 78 valence electrons. The quantitative estimate of drug-likeness (QED) is 0.799. The number of nitrogens with zero attached hydrogens (tertiary/aromatic N) is 1. The molecule has 1 aromatic carbocycles. The van der Waals surface area contributed by atoms with E-state index in [0.717, 1.165) is 0 Å². The van der Waals surface area contributed by atoms with Gasteiger partial charge >= 0.3 is 0 Å². The third-order valence-electron chi connectivity index (χ3n) is 1.98. The number of phenols is 1. The van der Waals surface area contributed by atoms with Crippen molar-refractivity contribution in [3.63, 3.8) is 0 Å². The Morgan fingerprint density at radius 1 is 1.50 bits per heavy atom. The van der Waals surface area contributed by atoms with Crippen LogP contribution < -0.4 is 0 Å². The molecule has 0 aliphatic rings. The first kappa shape index (κ1) is 11.0. The Morgan fingerprint density at radius 2 is 2.07 bits per heavy atom. The molecule has 0 aliphatic carbocycles. The van der Waals surface area contributed by atoms with Crippen molar-refractivity contribution in [2.45, 2.75) is 6.54 Å². The summed E-state index contributed by atoms with van der Waals surface area (Å²) in [6, 6.07) is 6.84. The van der Waals surface area contributed by atoms with Gasteiger partial charge in [0.05, 0.1) is 0 Å². The van der Waals surface area contributed by atoms with E-state index in [1.807, 2.05) is 0 Å². The highest BCUT2D eigenvalue weighted by atomic mass is 32.2. The summed E-state index contributed by atoms with van der Waals surface area (Å²) >= 11 is 0. The fourth-order valence-corrected chi connectivity index (χ4v) is 1.39. The molecule has 0 bridgehead atoms. The van der Waals surface area contributed by atoms with Gasteiger partial charge in [-0.05, 0) is 6.07 Å². The highest BCUT2D eigenvalue weighted by molar-refractivity contribution is 7.89. The lowest BCUT2D eigenvalue weighted by Crippen LogP contribution is -2.23. The average Bonchev–Trinajstić information content (AvgIpc) is 2.07. The minimum atomic E-state index is -2.70. The maximum absolute atomic E-state index is 11.3. The molecule has 0 aliphatic heterocycles. The third-order valence-corrected chi connectivity index (χ3v) is 3.30. The molecule has 1 unspecified atom stereocenters. The standard InChI is InChI=1S/C9H14N2O2S/c1-11(14(2,10)13)7-8-5-3-4-6-9(8)12/h3-6,10,12H,7H2,1-2H3. The van der Waals surface area contributed by atoms with Crippen molar-refractivity contribution in [1.29, 1.82) is 4.78 Å². The maximum atomic E-state index is 11.3. The van der Waals surface area contributed by atoms with Crippen LogP contribution in [0.3, 0.4) is 0 Å². The summed E-state index contributed by atoms with van der Waals surface area (Å²) in [5.74, 6) is 0.169. The van der Waals surface area contributed by atoms with E-state index < -0.39 is 9.92 Å². The van der Waals surface area contributed by atoms with E-state index in [1.54, 1.807) is 31.3 Å². The van der Waals surface area contributed by atoms with Crippen LogP contribution in [0.4, 0.5) is 0 Å². The van der Waals surface area contributed by atoms with Gasteiger partial charge in [0, 0.05) is 25.4 Å². The normalized spacial score (nSPS) is 15.4. The van der Waals surface area contributed by atoms with Crippen LogP contribution in [0, 0.1) is 4.78 Å². The number of benzene rings is 1. The zero-order valence-electron chi connectivity index (χ0n) is 8.23. The average molecular weight is 214 g/mol. The van der Waals surface area contributed by atoms with E-state index in [1.165, 1.54) is 10.6 Å². The maximum Gasteiger partial charge on any atom is 0.120 e. The zero-order valence-corrected chi connectivity index (χ0v) is 9.04. The zero-order chi connectivity index (χ0) is 10.8. The van der Waals surface area contributed by atoms with Crippen molar-refractivity contribution < 1.29 is 9.32 Å². The predicted octanol–water partition coefficient (Wildman–Crippen LogP) is 1.42. The third kappa shape index (κ3) is 2.71. The van der Waals surface area contributed by atoms with Gasteiger partial charge in [0.15, 0.2) is 0 Å². The molecule has 5 heteroatoms. The molecule has 0 heterocycles. The monoisotopic (exact) mass is 214 g/mol. The van der Waals surface area contributed by atoms with Gasteiger partial charge < -0.3 is 5.11 Å². The van der Waals surface area contributed by atoms with E-state index >= 15 is 0 Å². The Balaban J connectivity index is 2.85. The molecule has 0 spiro atoms. The predicted molar refractivity (Wildman–Crippen MR) is 56.4 cm³/mol. The molecule has 14 heavy (non-hydrogen) atoms. The van der Waals surface area contributed by atoms with E-state index in [9.17, 15) is 9.32 Å². The van der Waals surface area contributed by atoms with Crippen LogP contribution in [0.25, 0.3) is 0 Å². The second kappa shape index (κ2) is 3.98. The molecular weight excluding hydrogens is 200 g/mol. The summed E-state index contributed by atoms with van der Waals surface area (Å²) in [7, 11) is -1.10. The van der Waals surface area contributed by atoms with Crippen LogP contribution >= 0.6 is 0 Å². The van der Waals surface area contributed by atoms with E-state index in [2.05, 4.69) is 0 Å². The first-order valence-corrected chi connectivity index (χ1v) is 6.05. The Bertz CT molecular complexity index is 415. The first-order chi connectivity index (χ1) is 6.41. The molecule has 1 rings (SSSR count). The second-order valence-electron chi connectivity index (χ2n) is 3.22. The van der Waals surface area contributed by atoms with Gasteiger partial charge in [0.2, 0.25) is 0 Å². The number of para-hydroxylation sites is 1. The van der Waals surface area contributed by atoms with Gasteiger partial charge in [-0.1, -0.05) is 18.2 Å². The van der Waals surface area contributed by atoms with Gasteiger partial charge in [-0.15, -0.1) is 0 Å². The molecule has 0 saturated carbocycles. The van der Waals surface area contributed by atoms with Gasteiger partial charge in [0.1, 0.15) is 15.7 Å². The number of aromatic hydroxyl groups is 1. The summed E-state index contributed by atoms with van der Waals surface area (Å²) in [5, 5.41) is 9.44. The van der Waals surface area contributed by atoms with Crippen molar-refractivity contribution in [3.05, 3.63) is 29.8 Å². The molecule has 1 atom stereocenters. The van der Waals surface area contributed by atoms with Crippen molar-refractivity contribution in [2.24, 2.45) is 0 Å². The molecule has 0 saturated heterocycles. The van der Waals surface area contributed by atoms with Crippen molar-refractivity contribution >= 4 is 9.92 Å². The molecule has 0 fully saturated rings. The lowest BCUT2D eigenvalue weighted by Gasteiger charge is -2.16. The molecule has 0 amide bonds. The number of phenolic OH excluding ortho intramolecular Hbond substituents is 1. The minimum Gasteiger partial charge on any atom is -0.508 e. The summed E-state index contributed by atoms with van der Waals surface area (Å²) in [6.07, 6.45) is 1.35. The Kier molecular flexibility index (Phi) is 3.13. The lowest BCUT2D eigenvalue weighted by molar-refractivity contribution is 0.448. The number of hydrogen-bond donors (Lipinski definition) is 2. The molecule has 0 radical (unpaired) electrons. The minimum absolute atomic E-state index is 0.169. The van der Waals surface area contributed by atoms with Crippen LogP contribution in [0.1, 0.15) is 5.56 Å². The van der Waals surface area contributed by atoms with Crippen LogP contribution in [-0.2, 0) is 16.5 Å². The summed E-state index contributed by atoms with van der Waals surface area (Å²) in [6.45, 7) is 0.311. The van der Waals surface area contributed by atoms with E-state index in [4.69, 9.17) is 4.78 Å². The smallest absolute Gasteiger partial charge is 0.120 e. The van der Waals surface area contributed by atoms with Crippen LogP contribution in [0.15, 0.2) is 24.3 Å². The van der Waals surface area contributed by atoms with Crippen molar-refractivity contribution in [3.8, 4) is 5.75 Å². The lowest BCUT2D eigenvalue weighted by atomic mass is 10.2. The number of hydrogen-bond acceptors (Lipinski definition) is 3. The summed E-state index contributed by atoms with van der Waals surface area (Å²) < 4.78 is 20.0. The van der Waals surface area contributed by atoms with Gasteiger partial charge in [-0.2, -0.15) is 0 Å². The first-order valence-electron chi connectivity index (χ1n) is 4.13. The number of nitrogens with one attached hydrogen (secondary N) is 1. The van der Waals surface area contributed by atoms with E-state index in [-0.39, 0.29) is 5.75 Å². The summed E-state index contributed by atoms with van der Waals surface area (Å²) in [4.78, 5) is 0. The van der Waals surface area contributed by atoms with Crippen molar-refractivity contribution in [2.75, 3.05) is 13.3 Å². The van der Waals surface area contributed by atoms with Gasteiger partial charge in [0.25, 0.3) is 0 Å². The topological polar surface area (TPSA) is 64.4 Å². The Morgan fingerprint density at radius 3 is 2.57 bits per heavy atom. The van der Waals surface area contributed by atoms with Gasteiger partial charge in [-0.25, -0.2) is 13.3 Å². The fourth-order valence-electron chi connectivity index (χ4n) is 1.01. The fraction of sp³-hybridized carbons (Fsp3) is 0.333. The largest absolute Gasteiger partial charge is 0.508 e. The molecule has 4 nitrogen and oxygen atoms in total. The van der Waals surface area contributed by atoms with E-state index in [0.29, 0.717) is 12.1 Å². The SMILES string of the molecule is CN(Cc1ccccc1O)S(C)(=N)=O. The van der Waals surface area contributed by atoms with Crippen LogP contribution in [0.5, 0.6) is 5.75 Å². The molecule has 0 aromatic heterocycles. The summed E-state index contributed by atoms with van der Waals surface area (Å²) in [5.41, 5.74) is 0.678. The van der Waals surface area contributed by atoms with Crippen LogP contribution in [-0.4, -0.2) is 26.9 Å². The van der Waals surface area contributed by atoms with Crippen molar-refractivity contribution in [1.82, 2.24) is 4.31 Å². The Hall–Kier alpha value is -1.07. The van der Waals surface area contributed by atoms with Gasteiger partial charge in [-0.3, -0.25) is 0 Å². The second-order valence-corrected chi connectivity index (χ2v) is 5.45. The molecular formula is C9H14N2O2S. The van der Waals surface area contributed by atoms with Crippen LogP contribution in [0.2, 0.25) is 0 Å². The highest BCUT2D eigenvalue weighted by Crippen LogP contribution is 2.17. The highest BCUT2D eigenvalue weighted by Gasteiger charge is 2.09.